The Morgan fingerprint density at radius 1 is 1.18 bits per heavy atom. The first-order valence-corrected chi connectivity index (χ1v) is 4.05. The van der Waals surface area contributed by atoms with Crippen LogP contribution in [0, 0.1) is 10.1 Å². The molecule has 0 fully saturated rings. The summed E-state index contributed by atoms with van der Waals surface area (Å²) >= 11 is 0. The summed E-state index contributed by atoms with van der Waals surface area (Å²) in [5.41, 5.74) is -1.42. The Labute approximate surface area is 90.1 Å². The van der Waals surface area contributed by atoms with E-state index in [1.54, 1.807) is 0 Å². The Morgan fingerprint density at radius 3 is 1.82 bits per heavy atom. The molecule has 0 aliphatic rings. The predicted molar refractivity (Wildman–Crippen MR) is 41.3 cm³/mol. The fourth-order valence-corrected chi connectivity index (χ4v) is 0.773. The van der Waals surface area contributed by atoms with Gasteiger partial charge in [0.1, 0.15) is 0 Å². The van der Waals surface area contributed by atoms with Crippen molar-refractivity contribution >= 4 is 0 Å². The number of hydrogen-bond acceptors (Lipinski definition) is 2. The predicted octanol–water partition coefficient (Wildman–Crippen LogP) is 3.39. The van der Waals surface area contributed by atoms with Crippen LogP contribution in [0.5, 0.6) is 0 Å². The lowest BCUT2D eigenvalue weighted by molar-refractivity contribution is -0.430. The van der Waals surface area contributed by atoms with Gasteiger partial charge in [0.25, 0.3) is 0 Å². The highest BCUT2D eigenvalue weighted by Gasteiger charge is 2.72. The molecule has 0 aromatic carbocycles. The van der Waals surface area contributed by atoms with E-state index in [4.69, 9.17) is 0 Å². The fourth-order valence-electron chi connectivity index (χ4n) is 0.773. The van der Waals surface area contributed by atoms with E-state index in [1.807, 2.05) is 0 Å². The van der Waals surface area contributed by atoms with Crippen LogP contribution in [0.15, 0.2) is 11.8 Å². The maximum Gasteiger partial charge on any atom is 0.460 e. The first-order chi connectivity index (χ1) is 7.37. The summed E-state index contributed by atoms with van der Waals surface area (Å²) in [5, 5.41) is 10.1. The minimum absolute atomic E-state index is 0.712. The first kappa shape index (κ1) is 15.7. The molecule has 0 saturated carbocycles. The van der Waals surface area contributed by atoms with Crippen LogP contribution in [0.2, 0.25) is 0 Å². The van der Waals surface area contributed by atoms with Gasteiger partial charge in [0.2, 0.25) is 5.70 Å². The molecule has 0 atom stereocenters. The number of alkyl halides is 7. The maximum atomic E-state index is 12.6. The quantitative estimate of drug-likeness (QED) is 0.446. The number of hydrogen-bond donors (Lipinski definition) is 0. The zero-order chi connectivity index (χ0) is 14.1. The van der Waals surface area contributed by atoms with Crippen molar-refractivity contribution in [2.24, 2.45) is 0 Å². The van der Waals surface area contributed by atoms with Crippen LogP contribution in [0.25, 0.3) is 0 Å². The van der Waals surface area contributed by atoms with Crippen molar-refractivity contribution < 1.29 is 35.7 Å². The van der Waals surface area contributed by atoms with E-state index in [0.29, 0.717) is 0 Å². The van der Waals surface area contributed by atoms with Gasteiger partial charge in [0.15, 0.2) is 0 Å². The minimum atomic E-state index is -6.50. The molecule has 0 aliphatic carbocycles. The number of nitro groups is 1. The molecule has 0 bridgehead atoms. The normalized spacial score (nSPS) is 14.9. The highest BCUT2D eigenvalue weighted by Crippen LogP contribution is 2.47. The summed E-state index contributed by atoms with van der Waals surface area (Å²) < 4.78 is 84.9. The second-order valence-electron chi connectivity index (χ2n) is 2.94. The van der Waals surface area contributed by atoms with Crippen LogP contribution >= 0.6 is 0 Å². The molecule has 0 heterocycles. The summed E-state index contributed by atoms with van der Waals surface area (Å²) in [6, 6.07) is 0. The Balaban J connectivity index is 5.49. The third kappa shape index (κ3) is 3.07. The topological polar surface area (TPSA) is 43.1 Å². The average molecular weight is 269 g/mol. The zero-order valence-corrected chi connectivity index (χ0v) is 8.19. The number of allylic oxidation sites excluding steroid dienone is 2. The molecule has 17 heavy (non-hydrogen) atoms. The monoisotopic (exact) mass is 269 g/mol. The smallest absolute Gasteiger partial charge is 0.259 e. The molecule has 0 aromatic rings. The van der Waals surface area contributed by atoms with Crippen LogP contribution in [-0.2, 0) is 0 Å². The average Bonchev–Trinajstić information content (AvgIpc) is 2.11. The van der Waals surface area contributed by atoms with Gasteiger partial charge >= 0.3 is 18.0 Å². The highest BCUT2D eigenvalue weighted by molar-refractivity contribution is 5.08. The molecule has 0 amide bonds. The van der Waals surface area contributed by atoms with Gasteiger partial charge in [0.05, 0.1) is 11.0 Å². The Morgan fingerprint density at radius 2 is 1.59 bits per heavy atom. The summed E-state index contributed by atoms with van der Waals surface area (Å²) in [6.45, 7) is 0.969. The molecule has 0 N–H and O–H groups in total. The number of nitrogens with zero attached hydrogens (tertiary/aromatic N) is 1. The Hall–Kier alpha value is -1.35. The van der Waals surface area contributed by atoms with Crippen molar-refractivity contribution in [3.63, 3.8) is 0 Å². The number of rotatable bonds is 4. The zero-order valence-electron chi connectivity index (χ0n) is 8.19. The van der Waals surface area contributed by atoms with Crippen LogP contribution in [0.3, 0.4) is 0 Å². The van der Waals surface area contributed by atoms with Crippen molar-refractivity contribution in [1.29, 1.82) is 0 Å². The largest absolute Gasteiger partial charge is 0.460 e. The maximum absolute atomic E-state index is 12.6. The summed E-state index contributed by atoms with van der Waals surface area (Å²) in [7, 11) is 0. The standard InChI is InChI=1S/C7H6F7NO2/c1-2-4(15(16)17)3-5(8,9)6(10,11)7(12,13)14/h3H,2H2,1H3. The molecule has 10 heteroatoms. The molecule has 0 saturated heterocycles. The fraction of sp³-hybridized carbons (Fsp3) is 0.714. The SMILES string of the molecule is CCC(=CC(F)(F)C(F)(F)C(F)(F)F)[N+](=O)[O-]. The van der Waals surface area contributed by atoms with Crippen molar-refractivity contribution in [1.82, 2.24) is 0 Å². The van der Waals surface area contributed by atoms with Crippen LogP contribution in [-0.4, -0.2) is 22.9 Å². The summed E-state index contributed by atoms with van der Waals surface area (Å²) in [6.07, 6.45) is -8.18. The van der Waals surface area contributed by atoms with Gasteiger partial charge in [-0.2, -0.15) is 30.7 Å². The van der Waals surface area contributed by atoms with Gasteiger partial charge < -0.3 is 0 Å². The van der Waals surface area contributed by atoms with Crippen molar-refractivity contribution in [3.8, 4) is 0 Å². The molecule has 0 radical (unpaired) electrons. The highest BCUT2D eigenvalue weighted by atomic mass is 19.4. The van der Waals surface area contributed by atoms with Crippen LogP contribution in [0.4, 0.5) is 30.7 Å². The van der Waals surface area contributed by atoms with E-state index in [9.17, 15) is 40.8 Å². The third-order valence-corrected chi connectivity index (χ3v) is 1.72. The number of halogens is 7. The molecular weight excluding hydrogens is 263 g/mol. The first-order valence-electron chi connectivity index (χ1n) is 4.05. The van der Waals surface area contributed by atoms with E-state index in [0.717, 1.165) is 6.92 Å². The van der Waals surface area contributed by atoms with Crippen molar-refractivity contribution in [2.45, 2.75) is 31.4 Å². The van der Waals surface area contributed by atoms with Gasteiger partial charge in [-0.15, -0.1) is 0 Å². The lowest BCUT2D eigenvalue weighted by Gasteiger charge is -2.25. The molecule has 0 rings (SSSR count). The van der Waals surface area contributed by atoms with Crippen LogP contribution in [0.1, 0.15) is 13.3 Å². The Kier molecular flexibility index (Phi) is 4.14. The van der Waals surface area contributed by atoms with Gasteiger partial charge in [-0.05, 0) is 0 Å². The lowest BCUT2D eigenvalue weighted by Crippen LogP contribution is -2.51. The lowest BCUT2D eigenvalue weighted by atomic mass is 10.1. The molecule has 0 spiro atoms. The van der Waals surface area contributed by atoms with E-state index >= 15 is 0 Å². The summed E-state index contributed by atoms with van der Waals surface area (Å²) in [4.78, 5) is 8.62. The van der Waals surface area contributed by atoms with E-state index in [1.165, 1.54) is 0 Å². The molecular formula is C7H6F7NO2. The van der Waals surface area contributed by atoms with Gasteiger partial charge in [-0.3, -0.25) is 10.1 Å². The van der Waals surface area contributed by atoms with Gasteiger partial charge in [-0.25, -0.2) is 0 Å². The van der Waals surface area contributed by atoms with Gasteiger partial charge in [-0.1, -0.05) is 6.92 Å². The third-order valence-electron chi connectivity index (χ3n) is 1.72. The molecule has 0 aliphatic heterocycles. The van der Waals surface area contributed by atoms with Crippen LogP contribution < -0.4 is 0 Å². The Bertz CT molecular complexity index is 334. The van der Waals surface area contributed by atoms with Crippen molar-refractivity contribution in [3.05, 3.63) is 21.9 Å². The summed E-state index contributed by atoms with van der Waals surface area (Å²) in [5.74, 6) is -12.0. The minimum Gasteiger partial charge on any atom is -0.259 e. The molecule has 3 nitrogen and oxygen atoms in total. The molecule has 100 valence electrons. The van der Waals surface area contributed by atoms with E-state index < -0.39 is 41.1 Å². The second kappa shape index (κ2) is 4.49. The van der Waals surface area contributed by atoms with Crippen molar-refractivity contribution in [2.75, 3.05) is 0 Å². The molecule has 0 unspecified atom stereocenters. The molecule has 0 aromatic heterocycles. The second-order valence-corrected chi connectivity index (χ2v) is 2.94. The van der Waals surface area contributed by atoms with E-state index in [-0.39, 0.29) is 0 Å². The van der Waals surface area contributed by atoms with Gasteiger partial charge in [0, 0.05) is 6.42 Å². The van der Waals surface area contributed by atoms with E-state index in [2.05, 4.69) is 0 Å².